The van der Waals surface area contributed by atoms with E-state index in [0.29, 0.717) is 6.42 Å². The fourth-order valence-corrected chi connectivity index (χ4v) is 1.73. The molecule has 0 aromatic heterocycles. The van der Waals surface area contributed by atoms with Crippen molar-refractivity contribution < 1.29 is 22.5 Å². The molecule has 7 heteroatoms. The Hall–Kier alpha value is -0.875. The molecule has 0 aliphatic carbocycles. The van der Waals surface area contributed by atoms with Crippen LogP contribution in [0.15, 0.2) is 0 Å². The molecule has 1 heterocycles. The molecule has 1 aliphatic heterocycles. The van der Waals surface area contributed by atoms with Gasteiger partial charge in [-0.2, -0.15) is 0 Å². The Morgan fingerprint density at radius 1 is 1.38 bits per heavy atom. The summed E-state index contributed by atoms with van der Waals surface area (Å²) in [5.74, 6) is -1.63. The first kappa shape index (κ1) is 13.2. The largest absolute Gasteiger partial charge is 0.500 e. The highest BCUT2D eigenvalue weighted by molar-refractivity contribution is 6.60. The van der Waals surface area contributed by atoms with Crippen LogP contribution in [-0.2, 0) is 4.74 Å². The molecule has 0 radical (unpaired) electrons. The van der Waals surface area contributed by atoms with E-state index in [9.17, 15) is 17.7 Å². The topological polar surface area (TPSA) is 29.5 Å². The molecule has 0 saturated carbocycles. The van der Waals surface area contributed by atoms with Crippen molar-refractivity contribution >= 4 is 13.1 Å². The fraction of sp³-hybridized carbons (Fsp3) is 0.889. The quantitative estimate of drug-likeness (QED) is 0.657. The molecule has 94 valence electrons. The van der Waals surface area contributed by atoms with E-state index in [1.807, 2.05) is 0 Å². The highest BCUT2D eigenvalue weighted by Gasteiger charge is 2.44. The zero-order valence-corrected chi connectivity index (χ0v) is 9.67. The lowest BCUT2D eigenvalue weighted by atomic mass is 9.78. The fourth-order valence-electron chi connectivity index (χ4n) is 1.73. The highest BCUT2D eigenvalue weighted by atomic mass is 19.4. The van der Waals surface area contributed by atoms with Crippen molar-refractivity contribution in [2.24, 2.45) is 0 Å². The molecular formula is C9H16BF3NO2-. The van der Waals surface area contributed by atoms with Crippen molar-refractivity contribution in [1.29, 1.82) is 0 Å². The lowest BCUT2D eigenvalue weighted by Crippen LogP contribution is -2.49. The van der Waals surface area contributed by atoms with Crippen LogP contribution in [0, 0.1) is 0 Å². The van der Waals surface area contributed by atoms with Gasteiger partial charge in [0.2, 0.25) is 0 Å². The van der Waals surface area contributed by atoms with E-state index in [-0.39, 0.29) is 13.0 Å². The van der Waals surface area contributed by atoms with Gasteiger partial charge in [0, 0.05) is 12.5 Å². The lowest BCUT2D eigenvalue weighted by Gasteiger charge is -2.33. The molecular weight excluding hydrogens is 222 g/mol. The normalized spacial score (nSPS) is 22.4. The molecule has 0 aromatic rings. The maximum Gasteiger partial charge on any atom is 0.500 e. The van der Waals surface area contributed by atoms with E-state index >= 15 is 0 Å². The van der Waals surface area contributed by atoms with Gasteiger partial charge in [-0.3, -0.25) is 0 Å². The second kappa shape index (κ2) is 4.18. The van der Waals surface area contributed by atoms with Crippen LogP contribution >= 0.6 is 0 Å². The van der Waals surface area contributed by atoms with Crippen LogP contribution in [0.3, 0.4) is 0 Å². The molecule has 1 atom stereocenters. The van der Waals surface area contributed by atoms with Crippen molar-refractivity contribution in [2.75, 3.05) is 6.54 Å². The van der Waals surface area contributed by atoms with Gasteiger partial charge in [-0.15, -0.1) is 0 Å². The molecule has 0 spiro atoms. The van der Waals surface area contributed by atoms with Crippen LogP contribution < -0.4 is 0 Å². The number of nitrogens with zero attached hydrogens (tertiary/aromatic N) is 1. The zero-order chi connectivity index (χ0) is 12.6. The smallest absolute Gasteiger partial charge is 0.448 e. The molecule has 3 nitrogen and oxygen atoms in total. The van der Waals surface area contributed by atoms with Gasteiger partial charge in [0.25, 0.3) is 0 Å². The van der Waals surface area contributed by atoms with Gasteiger partial charge in [0.15, 0.2) is 0 Å². The van der Waals surface area contributed by atoms with Crippen molar-refractivity contribution in [1.82, 2.24) is 4.90 Å². The van der Waals surface area contributed by atoms with Crippen molar-refractivity contribution in [2.45, 2.75) is 45.2 Å². The first-order chi connectivity index (χ1) is 7.11. The molecule has 0 unspecified atom stereocenters. The van der Waals surface area contributed by atoms with Crippen LogP contribution in [0.2, 0.25) is 0 Å². The SMILES string of the molecule is CC(C)(C)OC(=O)N1CCC[C@@H]1[B-](F)(F)F. The van der Waals surface area contributed by atoms with E-state index in [1.165, 1.54) is 0 Å². The molecule has 1 aliphatic rings. The van der Waals surface area contributed by atoms with E-state index in [2.05, 4.69) is 0 Å². The Balaban J connectivity index is 2.69. The standard InChI is InChI=1S/C9H16BF3NO2/c1-9(2,3)16-8(15)14-6-4-5-7(14)10(11,12)13/h7H,4-6H2,1-3H3/q-1/t7-/m1/s1. The minimum Gasteiger partial charge on any atom is -0.448 e. The summed E-state index contributed by atoms with van der Waals surface area (Å²) in [7, 11) is 0. The minimum absolute atomic E-state index is 0.0112. The maximum atomic E-state index is 12.6. The number of carbonyl (C=O) groups is 1. The summed E-state index contributed by atoms with van der Waals surface area (Å²) in [5.41, 5.74) is -0.761. The molecule has 1 fully saturated rings. The van der Waals surface area contributed by atoms with Gasteiger partial charge in [-0.25, -0.2) is 4.79 Å². The zero-order valence-electron chi connectivity index (χ0n) is 9.67. The Kier molecular flexibility index (Phi) is 3.45. The minimum atomic E-state index is -5.01. The van der Waals surface area contributed by atoms with E-state index in [1.54, 1.807) is 20.8 Å². The summed E-state index contributed by atoms with van der Waals surface area (Å²) < 4.78 is 42.8. The van der Waals surface area contributed by atoms with Crippen molar-refractivity contribution in [3.63, 3.8) is 0 Å². The first-order valence-electron chi connectivity index (χ1n) is 5.31. The average Bonchev–Trinajstić information content (AvgIpc) is 2.45. The number of halogens is 3. The van der Waals surface area contributed by atoms with E-state index in [4.69, 9.17) is 4.74 Å². The summed E-state index contributed by atoms with van der Waals surface area (Å²) in [6, 6.07) is 0. The lowest BCUT2D eigenvalue weighted by molar-refractivity contribution is 0.0248. The molecule has 1 saturated heterocycles. The van der Waals surface area contributed by atoms with Crippen LogP contribution in [0.1, 0.15) is 33.6 Å². The number of hydrogen-bond donors (Lipinski definition) is 0. The highest BCUT2D eigenvalue weighted by Crippen LogP contribution is 2.30. The average molecular weight is 238 g/mol. The van der Waals surface area contributed by atoms with Gasteiger partial charge < -0.3 is 22.6 Å². The van der Waals surface area contributed by atoms with Gasteiger partial charge in [-0.1, -0.05) is 6.42 Å². The molecule has 0 bridgehead atoms. The molecule has 1 amide bonds. The third-order valence-corrected chi connectivity index (χ3v) is 2.36. The summed E-state index contributed by atoms with van der Waals surface area (Å²) in [4.78, 5) is 12.3. The maximum absolute atomic E-state index is 12.6. The Bertz CT molecular complexity index is 275. The van der Waals surface area contributed by atoms with E-state index < -0.39 is 24.6 Å². The molecule has 16 heavy (non-hydrogen) atoms. The van der Waals surface area contributed by atoms with Gasteiger partial charge >= 0.3 is 13.1 Å². The number of hydrogen-bond acceptors (Lipinski definition) is 2. The van der Waals surface area contributed by atoms with Crippen LogP contribution in [0.5, 0.6) is 0 Å². The first-order valence-corrected chi connectivity index (χ1v) is 5.31. The Labute approximate surface area is 93.0 Å². The molecule has 1 rings (SSSR count). The summed E-state index contributed by atoms with van der Waals surface area (Å²) in [5, 5.41) is 0. The van der Waals surface area contributed by atoms with Crippen LogP contribution in [0.25, 0.3) is 0 Å². The number of carbonyl (C=O) groups excluding carboxylic acids is 1. The second-order valence-corrected chi connectivity index (χ2v) is 5.01. The summed E-state index contributed by atoms with van der Waals surface area (Å²) in [6.07, 6.45) is -0.498. The van der Waals surface area contributed by atoms with Gasteiger partial charge in [0.1, 0.15) is 5.60 Å². The Morgan fingerprint density at radius 3 is 2.38 bits per heavy atom. The van der Waals surface area contributed by atoms with Gasteiger partial charge in [-0.05, 0) is 27.2 Å². The number of rotatable bonds is 1. The third kappa shape index (κ3) is 3.32. The number of ether oxygens (including phenoxy) is 1. The predicted molar refractivity (Wildman–Crippen MR) is 55.0 cm³/mol. The predicted octanol–water partition coefficient (Wildman–Crippen LogP) is 2.77. The summed E-state index contributed by atoms with van der Waals surface area (Å²) >= 11 is 0. The second-order valence-electron chi connectivity index (χ2n) is 5.01. The molecule has 0 aromatic carbocycles. The number of amides is 1. The molecule has 0 N–H and O–H groups in total. The Morgan fingerprint density at radius 2 is 1.94 bits per heavy atom. The third-order valence-electron chi connectivity index (χ3n) is 2.36. The summed E-state index contributed by atoms with van der Waals surface area (Å²) in [6.45, 7) is 0.0144. The van der Waals surface area contributed by atoms with Crippen molar-refractivity contribution in [3.8, 4) is 0 Å². The van der Waals surface area contributed by atoms with Gasteiger partial charge in [0.05, 0.1) is 0 Å². The van der Waals surface area contributed by atoms with Crippen LogP contribution in [-0.4, -0.2) is 36.1 Å². The number of likely N-dealkylation sites (tertiary alicyclic amines) is 1. The van der Waals surface area contributed by atoms with E-state index in [0.717, 1.165) is 4.90 Å². The monoisotopic (exact) mass is 238 g/mol. The van der Waals surface area contributed by atoms with Crippen LogP contribution in [0.4, 0.5) is 17.7 Å². The van der Waals surface area contributed by atoms with Crippen molar-refractivity contribution in [3.05, 3.63) is 0 Å².